The van der Waals surface area contributed by atoms with Crippen molar-refractivity contribution in [2.24, 2.45) is 5.73 Å². The number of hydrogen-bond donors (Lipinski definition) is 1. The molecular formula is C13H23N3O3. The highest BCUT2D eigenvalue weighted by molar-refractivity contribution is 5.68. The third-order valence-corrected chi connectivity index (χ3v) is 4.51. The maximum Gasteiger partial charge on any atom is 0.410 e. The normalized spacial score (nSPS) is 34.6. The Bertz CT molecular complexity index is 331. The van der Waals surface area contributed by atoms with Crippen LogP contribution in [0, 0.1) is 0 Å². The Balaban J connectivity index is 1.52. The summed E-state index contributed by atoms with van der Waals surface area (Å²) in [5.41, 5.74) is 6.06. The van der Waals surface area contributed by atoms with Crippen LogP contribution in [0.5, 0.6) is 0 Å². The zero-order valence-electron chi connectivity index (χ0n) is 11.3. The topological polar surface area (TPSA) is 68.0 Å². The minimum absolute atomic E-state index is 0.134. The van der Waals surface area contributed by atoms with E-state index in [1.807, 2.05) is 4.90 Å². The summed E-state index contributed by atoms with van der Waals surface area (Å²) in [4.78, 5) is 16.1. The van der Waals surface area contributed by atoms with Crippen molar-refractivity contribution in [2.45, 2.75) is 37.4 Å². The van der Waals surface area contributed by atoms with Crippen LogP contribution in [0.25, 0.3) is 0 Å². The minimum Gasteiger partial charge on any atom is -0.449 e. The first-order valence-corrected chi connectivity index (χ1v) is 7.26. The highest BCUT2D eigenvalue weighted by Gasteiger charge is 2.36. The van der Waals surface area contributed by atoms with Crippen LogP contribution >= 0.6 is 0 Å². The fourth-order valence-electron chi connectivity index (χ4n) is 3.37. The van der Waals surface area contributed by atoms with Crippen molar-refractivity contribution in [2.75, 3.05) is 39.5 Å². The molecule has 2 N–H and O–H groups in total. The van der Waals surface area contributed by atoms with Gasteiger partial charge in [0.05, 0.1) is 25.9 Å². The van der Waals surface area contributed by atoms with Gasteiger partial charge in [-0.05, 0) is 19.3 Å². The molecule has 3 fully saturated rings. The summed E-state index contributed by atoms with van der Waals surface area (Å²) in [5.74, 6) is 0. The molecule has 2 atom stereocenters. The van der Waals surface area contributed by atoms with Crippen molar-refractivity contribution in [3.8, 4) is 0 Å². The third kappa shape index (κ3) is 2.70. The highest BCUT2D eigenvalue weighted by atomic mass is 16.6. The van der Waals surface area contributed by atoms with Gasteiger partial charge in [-0.15, -0.1) is 0 Å². The van der Waals surface area contributed by atoms with E-state index in [0.29, 0.717) is 25.3 Å². The molecule has 0 aliphatic carbocycles. The predicted octanol–water partition coefficient (Wildman–Crippen LogP) is 0.0192. The van der Waals surface area contributed by atoms with E-state index in [2.05, 4.69) is 4.90 Å². The molecule has 108 valence electrons. The van der Waals surface area contributed by atoms with Crippen molar-refractivity contribution >= 4 is 6.09 Å². The fraction of sp³-hybridized carbons (Fsp3) is 0.923. The van der Waals surface area contributed by atoms with Crippen LogP contribution in [0.15, 0.2) is 0 Å². The van der Waals surface area contributed by atoms with Crippen LogP contribution in [0.1, 0.15) is 19.3 Å². The molecule has 0 aromatic heterocycles. The molecule has 19 heavy (non-hydrogen) atoms. The Kier molecular flexibility index (Phi) is 3.91. The van der Waals surface area contributed by atoms with Gasteiger partial charge in [-0.3, -0.25) is 4.90 Å². The van der Waals surface area contributed by atoms with Crippen molar-refractivity contribution in [1.82, 2.24) is 9.80 Å². The lowest BCUT2D eigenvalue weighted by Crippen LogP contribution is -2.54. The molecule has 3 aliphatic rings. The summed E-state index contributed by atoms with van der Waals surface area (Å²) in [6, 6.07) is 0.827. The maximum absolute atomic E-state index is 11.7. The highest BCUT2D eigenvalue weighted by Crippen LogP contribution is 2.23. The van der Waals surface area contributed by atoms with Gasteiger partial charge in [0.15, 0.2) is 0 Å². The second kappa shape index (κ2) is 5.64. The average Bonchev–Trinajstić information content (AvgIpc) is 2.86. The van der Waals surface area contributed by atoms with Gasteiger partial charge in [0.1, 0.15) is 0 Å². The average molecular weight is 269 g/mol. The number of carbonyl (C=O) groups excluding carboxylic acids is 1. The number of hydrogen-bond acceptors (Lipinski definition) is 5. The van der Waals surface area contributed by atoms with Crippen LogP contribution < -0.4 is 5.73 Å². The molecule has 1 amide bonds. The number of ether oxygens (including phenoxy) is 2. The van der Waals surface area contributed by atoms with E-state index in [1.165, 1.54) is 0 Å². The van der Waals surface area contributed by atoms with E-state index < -0.39 is 0 Å². The monoisotopic (exact) mass is 269 g/mol. The van der Waals surface area contributed by atoms with E-state index in [-0.39, 0.29) is 12.1 Å². The van der Waals surface area contributed by atoms with Crippen molar-refractivity contribution in [1.29, 1.82) is 0 Å². The molecule has 3 aliphatic heterocycles. The summed E-state index contributed by atoms with van der Waals surface area (Å²) in [7, 11) is 0. The van der Waals surface area contributed by atoms with Gasteiger partial charge in [-0.2, -0.15) is 0 Å². The number of nitrogens with zero attached hydrogens (tertiary/aromatic N) is 2. The summed E-state index contributed by atoms with van der Waals surface area (Å²) in [5, 5.41) is 0. The second-order valence-electron chi connectivity index (χ2n) is 5.70. The zero-order valence-corrected chi connectivity index (χ0v) is 11.3. The van der Waals surface area contributed by atoms with Gasteiger partial charge in [0, 0.05) is 31.7 Å². The number of amides is 1. The van der Waals surface area contributed by atoms with Gasteiger partial charge in [0.2, 0.25) is 0 Å². The van der Waals surface area contributed by atoms with E-state index in [9.17, 15) is 4.79 Å². The Morgan fingerprint density at radius 2 is 1.95 bits per heavy atom. The van der Waals surface area contributed by atoms with Crippen molar-refractivity contribution < 1.29 is 14.3 Å². The quantitative estimate of drug-likeness (QED) is 0.765. The number of nitrogens with two attached hydrogens (primary N) is 1. The summed E-state index contributed by atoms with van der Waals surface area (Å²) in [6.45, 7) is 4.82. The van der Waals surface area contributed by atoms with Crippen LogP contribution in [-0.2, 0) is 9.47 Å². The van der Waals surface area contributed by atoms with E-state index >= 15 is 0 Å². The van der Waals surface area contributed by atoms with E-state index in [1.54, 1.807) is 0 Å². The Labute approximate surface area is 113 Å². The van der Waals surface area contributed by atoms with E-state index in [0.717, 1.165) is 45.5 Å². The van der Waals surface area contributed by atoms with Crippen LogP contribution in [0.3, 0.4) is 0 Å². The van der Waals surface area contributed by atoms with Crippen LogP contribution in [0.4, 0.5) is 4.79 Å². The third-order valence-electron chi connectivity index (χ3n) is 4.51. The molecule has 0 bridgehead atoms. The van der Waals surface area contributed by atoms with Crippen molar-refractivity contribution in [3.63, 3.8) is 0 Å². The standard InChI is InChI=1S/C13H23N3O3/c14-11-8-18-9-12(11)15-5-2-10(3-6-15)16-4-1-7-19-13(16)17/h10-12H,1-9,14H2/t11-,12?/m0/s1. The number of cyclic esters (lactones) is 1. The van der Waals surface area contributed by atoms with Gasteiger partial charge in [0.25, 0.3) is 0 Å². The summed E-state index contributed by atoms with van der Waals surface area (Å²) < 4.78 is 10.6. The Morgan fingerprint density at radius 3 is 2.58 bits per heavy atom. The molecule has 1 unspecified atom stereocenters. The molecule has 0 spiro atoms. The Hall–Kier alpha value is -0.850. The molecule has 6 nitrogen and oxygen atoms in total. The van der Waals surface area contributed by atoms with Gasteiger partial charge in [-0.25, -0.2) is 4.79 Å². The van der Waals surface area contributed by atoms with Crippen LogP contribution in [-0.4, -0.2) is 73.5 Å². The first kappa shape index (κ1) is 13.1. The molecule has 0 radical (unpaired) electrons. The molecule has 0 aromatic carbocycles. The number of likely N-dealkylation sites (tertiary alicyclic amines) is 1. The number of rotatable bonds is 2. The van der Waals surface area contributed by atoms with E-state index in [4.69, 9.17) is 15.2 Å². The fourth-order valence-corrected chi connectivity index (χ4v) is 3.37. The lowest BCUT2D eigenvalue weighted by molar-refractivity contribution is 0.0299. The summed E-state index contributed by atoms with van der Waals surface area (Å²) >= 11 is 0. The van der Waals surface area contributed by atoms with Crippen LogP contribution in [0.2, 0.25) is 0 Å². The second-order valence-corrected chi connectivity index (χ2v) is 5.70. The number of piperidine rings is 1. The molecule has 3 heterocycles. The number of carbonyl (C=O) groups is 1. The van der Waals surface area contributed by atoms with Gasteiger partial charge >= 0.3 is 6.09 Å². The molecule has 0 aromatic rings. The molecule has 3 rings (SSSR count). The molecule has 3 saturated heterocycles. The zero-order chi connectivity index (χ0) is 13.2. The Morgan fingerprint density at radius 1 is 1.16 bits per heavy atom. The lowest BCUT2D eigenvalue weighted by Gasteiger charge is -2.41. The minimum atomic E-state index is -0.134. The lowest BCUT2D eigenvalue weighted by atomic mass is 10.00. The largest absolute Gasteiger partial charge is 0.449 e. The van der Waals surface area contributed by atoms with Gasteiger partial charge in [-0.1, -0.05) is 0 Å². The maximum atomic E-state index is 11.7. The molecule has 0 saturated carbocycles. The van der Waals surface area contributed by atoms with Gasteiger partial charge < -0.3 is 20.1 Å². The van der Waals surface area contributed by atoms with Crippen molar-refractivity contribution in [3.05, 3.63) is 0 Å². The predicted molar refractivity (Wildman–Crippen MR) is 69.8 cm³/mol. The first-order valence-electron chi connectivity index (χ1n) is 7.26. The SMILES string of the molecule is N[C@H]1COCC1N1CCC(N2CCCOC2=O)CC1. The smallest absolute Gasteiger partial charge is 0.410 e. The molecular weight excluding hydrogens is 246 g/mol. The first-order chi connectivity index (χ1) is 9.25. The summed E-state index contributed by atoms with van der Waals surface area (Å²) in [6.07, 6.45) is 2.84. The molecule has 6 heteroatoms.